The lowest BCUT2D eigenvalue weighted by molar-refractivity contribution is -0.115. The van der Waals surface area contributed by atoms with Gasteiger partial charge in [0.1, 0.15) is 0 Å². The lowest BCUT2D eigenvalue weighted by Crippen LogP contribution is -2.27. The van der Waals surface area contributed by atoms with Crippen LogP contribution in [0.3, 0.4) is 0 Å². The first kappa shape index (κ1) is 15.7. The smallest absolute Gasteiger partial charge is 0.238 e. The van der Waals surface area contributed by atoms with Crippen molar-refractivity contribution in [2.75, 3.05) is 11.9 Å². The molecule has 0 aliphatic rings. The van der Waals surface area contributed by atoms with E-state index in [9.17, 15) is 4.79 Å². The van der Waals surface area contributed by atoms with Crippen LogP contribution in [0.1, 0.15) is 11.1 Å². The largest absolute Gasteiger partial charge is 0.392 e. The molecular weight excluding hydrogens is 332 g/mol. The van der Waals surface area contributed by atoms with Crippen molar-refractivity contribution in [2.45, 2.75) is 13.2 Å². The Kier molecular flexibility index (Phi) is 5.92. The molecule has 0 spiro atoms. The number of anilines is 1. The van der Waals surface area contributed by atoms with Gasteiger partial charge in [-0.15, -0.1) is 0 Å². The number of hydrogen-bond acceptors (Lipinski definition) is 3. The van der Waals surface area contributed by atoms with Gasteiger partial charge in [0.05, 0.1) is 13.2 Å². The highest BCUT2D eigenvalue weighted by molar-refractivity contribution is 9.10. The molecule has 3 N–H and O–H groups in total. The summed E-state index contributed by atoms with van der Waals surface area (Å²) in [6.45, 7) is 0.903. The van der Waals surface area contributed by atoms with Crippen LogP contribution in [0.2, 0.25) is 0 Å². The fourth-order valence-corrected chi connectivity index (χ4v) is 2.09. The Morgan fingerprint density at radius 2 is 1.62 bits per heavy atom. The summed E-state index contributed by atoms with van der Waals surface area (Å²) in [5, 5.41) is 14.9. The molecule has 0 heterocycles. The molecular formula is C16H17BrN2O2. The first-order chi connectivity index (χ1) is 10.2. The number of halogens is 1. The Morgan fingerprint density at radius 1 is 1.00 bits per heavy atom. The van der Waals surface area contributed by atoms with E-state index in [1.54, 1.807) is 0 Å². The molecule has 0 unspecified atom stereocenters. The quantitative estimate of drug-likeness (QED) is 0.752. The Hall–Kier alpha value is -1.69. The topological polar surface area (TPSA) is 61.4 Å². The van der Waals surface area contributed by atoms with Crippen LogP contribution < -0.4 is 10.6 Å². The van der Waals surface area contributed by atoms with Crippen LogP contribution >= 0.6 is 15.9 Å². The molecule has 110 valence electrons. The van der Waals surface area contributed by atoms with Crippen LogP contribution in [0, 0.1) is 0 Å². The molecule has 0 fully saturated rings. The number of benzene rings is 2. The van der Waals surface area contributed by atoms with Gasteiger partial charge in [0.25, 0.3) is 0 Å². The highest BCUT2D eigenvalue weighted by Crippen LogP contribution is 2.13. The van der Waals surface area contributed by atoms with Gasteiger partial charge < -0.3 is 15.7 Å². The van der Waals surface area contributed by atoms with E-state index in [0.29, 0.717) is 6.54 Å². The number of nitrogens with one attached hydrogen (secondary N) is 2. The normalized spacial score (nSPS) is 10.4. The van der Waals surface area contributed by atoms with Gasteiger partial charge in [0, 0.05) is 16.7 Å². The van der Waals surface area contributed by atoms with Gasteiger partial charge in [0.2, 0.25) is 5.91 Å². The number of carbonyl (C=O) groups excluding carboxylic acids is 1. The van der Waals surface area contributed by atoms with E-state index >= 15 is 0 Å². The van der Waals surface area contributed by atoms with Crippen molar-refractivity contribution < 1.29 is 9.90 Å². The predicted octanol–water partition coefficient (Wildman–Crippen LogP) is 2.67. The number of hydrogen-bond donors (Lipinski definition) is 3. The predicted molar refractivity (Wildman–Crippen MR) is 86.8 cm³/mol. The maximum atomic E-state index is 11.8. The van der Waals surface area contributed by atoms with E-state index in [0.717, 1.165) is 21.3 Å². The fraction of sp³-hybridized carbons (Fsp3) is 0.188. The minimum Gasteiger partial charge on any atom is -0.392 e. The summed E-state index contributed by atoms with van der Waals surface area (Å²) in [5.41, 5.74) is 2.73. The molecule has 2 rings (SSSR count). The molecule has 0 aliphatic heterocycles. The molecule has 0 saturated carbocycles. The van der Waals surface area contributed by atoms with Crippen molar-refractivity contribution in [3.63, 3.8) is 0 Å². The van der Waals surface area contributed by atoms with E-state index in [1.165, 1.54) is 0 Å². The van der Waals surface area contributed by atoms with E-state index < -0.39 is 0 Å². The van der Waals surface area contributed by atoms with Crippen molar-refractivity contribution in [1.29, 1.82) is 0 Å². The monoisotopic (exact) mass is 348 g/mol. The Balaban J connectivity index is 1.74. The van der Waals surface area contributed by atoms with E-state index in [-0.39, 0.29) is 19.1 Å². The van der Waals surface area contributed by atoms with E-state index in [4.69, 9.17) is 5.11 Å². The summed E-state index contributed by atoms with van der Waals surface area (Å²) in [6.07, 6.45) is 0. The lowest BCUT2D eigenvalue weighted by atomic mass is 10.1. The van der Waals surface area contributed by atoms with Crippen LogP contribution in [-0.4, -0.2) is 17.6 Å². The first-order valence-corrected chi connectivity index (χ1v) is 7.41. The number of amides is 1. The van der Waals surface area contributed by atoms with Gasteiger partial charge in [-0.1, -0.05) is 40.2 Å². The van der Waals surface area contributed by atoms with Gasteiger partial charge in [-0.2, -0.15) is 0 Å². The molecule has 0 aromatic heterocycles. The first-order valence-electron chi connectivity index (χ1n) is 6.62. The molecule has 2 aromatic rings. The zero-order valence-electron chi connectivity index (χ0n) is 11.5. The van der Waals surface area contributed by atoms with Gasteiger partial charge >= 0.3 is 0 Å². The molecule has 1 amide bonds. The molecule has 0 atom stereocenters. The molecule has 0 aliphatic carbocycles. The van der Waals surface area contributed by atoms with E-state index in [1.807, 2.05) is 48.5 Å². The van der Waals surface area contributed by atoms with Crippen molar-refractivity contribution in [1.82, 2.24) is 5.32 Å². The van der Waals surface area contributed by atoms with Crippen LogP contribution in [0.5, 0.6) is 0 Å². The summed E-state index contributed by atoms with van der Waals surface area (Å²) in [7, 11) is 0. The summed E-state index contributed by atoms with van der Waals surface area (Å²) in [4.78, 5) is 11.8. The van der Waals surface area contributed by atoms with Crippen molar-refractivity contribution in [2.24, 2.45) is 0 Å². The summed E-state index contributed by atoms with van der Waals surface area (Å²) in [5.74, 6) is -0.0794. The SMILES string of the molecule is O=C(CNCc1ccc(CO)cc1)Nc1ccc(Br)cc1. The maximum Gasteiger partial charge on any atom is 0.238 e. The van der Waals surface area contributed by atoms with Crippen LogP contribution in [-0.2, 0) is 17.9 Å². The second-order valence-electron chi connectivity index (χ2n) is 4.63. The van der Waals surface area contributed by atoms with Crippen LogP contribution in [0.15, 0.2) is 53.0 Å². The summed E-state index contributed by atoms with van der Waals surface area (Å²) >= 11 is 3.35. The zero-order valence-corrected chi connectivity index (χ0v) is 13.1. The van der Waals surface area contributed by atoms with E-state index in [2.05, 4.69) is 26.6 Å². The second kappa shape index (κ2) is 7.93. The minimum absolute atomic E-state index is 0.0449. The molecule has 0 radical (unpaired) electrons. The van der Waals surface area contributed by atoms with Gasteiger partial charge in [-0.05, 0) is 35.4 Å². The van der Waals surface area contributed by atoms with Gasteiger partial charge in [0.15, 0.2) is 0 Å². The third-order valence-corrected chi connectivity index (χ3v) is 3.48. The average Bonchev–Trinajstić information content (AvgIpc) is 2.50. The molecule has 2 aromatic carbocycles. The number of aliphatic hydroxyl groups is 1. The van der Waals surface area contributed by atoms with Crippen LogP contribution in [0.4, 0.5) is 5.69 Å². The highest BCUT2D eigenvalue weighted by Gasteiger charge is 2.02. The molecule has 5 heteroatoms. The van der Waals surface area contributed by atoms with Crippen molar-refractivity contribution in [3.8, 4) is 0 Å². The third kappa shape index (κ3) is 5.30. The molecule has 0 saturated heterocycles. The Labute approximate surface area is 132 Å². The van der Waals surface area contributed by atoms with Gasteiger partial charge in [-0.3, -0.25) is 4.79 Å². The molecule has 4 nitrogen and oxygen atoms in total. The fourth-order valence-electron chi connectivity index (χ4n) is 1.82. The maximum absolute atomic E-state index is 11.8. The van der Waals surface area contributed by atoms with Gasteiger partial charge in [-0.25, -0.2) is 0 Å². The summed E-state index contributed by atoms with van der Waals surface area (Å²) < 4.78 is 0.977. The third-order valence-electron chi connectivity index (χ3n) is 2.95. The molecule has 21 heavy (non-hydrogen) atoms. The second-order valence-corrected chi connectivity index (χ2v) is 5.55. The summed E-state index contributed by atoms with van der Waals surface area (Å²) in [6, 6.07) is 15.1. The Bertz CT molecular complexity index is 582. The number of rotatable bonds is 6. The highest BCUT2D eigenvalue weighted by atomic mass is 79.9. The average molecular weight is 349 g/mol. The van der Waals surface area contributed by atoms with Crippen molar-refractivity contribution in [3.05, 3.63) is 64.1 Å². The standard InChI is InChI=1S/C16H17BrN2O2/c17-14-5-7-15(8-6-14)19-16(21)10-18-9-12-1-3-13(11-20)4-2-12/h1-8,18,20H,9-11H2,(H,19,21). The minimum atomic E-state index is -0.0794. The zero-order chi connectivity index (χ0) is 15.1. The number of carbonyl (C=O) groups is 1. The lowest BCUT2D eigenvalue weighted by Gasteiger charge is -2.07. The Morgan fingerprint density at radius 3 is 2.24 bits per heavy atom. The number of aliphatic hydroxyl groups excluding tert-OH is 1. The van der Waals surface area contributed by atoms with Crippen LogP contribution in [0.25, 0.3) is 0 Å². The molecule has 0 bridgehead atoms. The van der Waals surface area contributed by atoms with Crippen molar-refractivity contribution >= 4 is 27.5 Å².